The van der Waals surface area contributed by atoms with Crippen molar-refractivity contribution in [2.24, 2.45) is 0 Å². The molecule has 0 radical (unpaired) electrons. The molecular formula is C21H26ClN3O3S. The number of likely N-dealkylation sites (N-methyl/N-ethyl adjacent to an activating group) is 1. The number of carbonyl (C=O) groups is 1. The van der Waals surface area contributed by atoms with Gasteiger partial charge in [-0.15, -0.1) is 12.4 Å². The number of carbonyl (C=O) groups excluding carboxylic acids is 1. The van der Waals surface area contributed by atoms with Gasteiger partial charge in [0.1, 0.15) is 17.0 Å². The lowest BCUT2D eigenvalue weighted by Gasteiger charge is -2.22. The van der Waals surface area contributed by atoms with E-state index in [4.69, 9.17) is 14.5 Å². The fourth-order valence-corrected chi connectivity index (χ4v) is 3.84. The molecule has 0 spiro atoms. The van der Waals surface area contributed by atoms with Gasteiger partial charge in [-0.1, -0.05) is 35.6 Å². The summed E-state index contributed by atoms with van der Waals surface area (Å²) in [6.07, 6.45) is 0. The van der Waals surface area contributed by atoms with Gasteiger partial charge in [-0.2, -0.15) is 0 Å². The van der Waals surface area contributed by atoms with Crippen LogP contribution in [0.15, 0.2) is 42.5 Å². The Labute approximate surface area is 181 Å². The van der Waals surface area contributed by atoms with Crippen molar-refractivity contribution in [1.29, 1.82) is 0 Å². The largest absolute Gasteiger partial charge is 0.494 e. The summed E-state index contributed by atoms with van der Waals surface area (Å²) < 4.78 is 12.1. The second-order valence-corrected chi connectivity index (χ2v) is 7.69. The molecule has 8 heteroatoms. The number of fused-ring (bicyclic) bond motifs is 1. The van der Waals surface area contributed by atoms with Crippen molar-refractivity contribution in [2.45, 2.75) is 6.92 Å². The quantitative estimate of drug-likeness (QED) is 0.535. The molecular weight excluding hydrogens is 410 g/mol. The molecule has 1 aromatic heterocycles. The second-order valence-electron chi connectivity index (χ2n) is 6.71. The molecule has 1 heterocycles. The number of halogens is 1. The van der Waals surface area contributed by atoms with Crippen LogP contribution in [0.2, 0.25) is 0 Å². The molecule has 3 rings (SSSR count). The zero-order valence-electron chi connectivity index (χ0n) is 17.0. The van der Waals surface area contributed by atoms with E-state index in [1.54, 1.807) is 12.0 Å². The Morgan fingerprint density at radius 1 is 1.10 bits per heavy atom. The van der Waals surface area contributed by atoms with Gasteiger partial charge in [-0.3, -0.25) is 9.69 Å². The number of thiazole rings is 1. The molecule has 156 valence electrons. The maximum absolute atomic E-state index is 13.0. The summed E-state index contributed by atoms with van der Waals surface area (Å²) in [6, 6.07) is 13.3. The Kier molecular flexibility index (Phi) is 8.25. The first-order chi connectivity index (χ1) is 13.5. The van der Waals surface area contributed by atoms with E-state index in [0.717, 1.165) is 22.3 Å². The zero-order chi connectivity index (χ0) is 20.1. The van der Waals surface area contributed by atoms with Gasteiger partial charge in [0.2, 0.25) is 0 Å². The van der Waals surface area contributed by atoms with E-state index in [-0.39, 0.29) is 24.9 Å². The third kappa shape index (κ3) is 5.59. The summed E-state index contributed by atoms with van der Waals surface area (Å²) >= 11 is 1.50. The maximum Gasteiger partial charge on any atom is 0.266 e. The maximum atomic E-state index is 13.0. The number of rotatable bonds is 8. The van der Waals surface area contributed by atoms with Gasteiger partial charge >= 0.3 is 0 Å². The highest BCUT2D eigenvalue weighted by molar-refractivity contribution is 7.22. The van der Waals surface area contributed by atoms with Crippen LogP contribution in [-0.2, 0) is 4.79 Å². The molecule has 0 unspecified atom stereocenters. The van der Waals surface area contributed by atoms with Gasteiger partial charge in [-0.25, -0.2) is 4.98 Å². The molecule has 0 saturated heterocycles. The molecule has 6 nitrogen and oxygen atoms in total. The predicted molar refractivity (Wildman–Crippen MR) is 121 cm³/mol. The van der Waals surface area contributed by atoms with Gasteiger partial charge in [0.05, 0.1) is 11.8 Å². The van der Waals surface area contributed by atoms with Crippen LogP contribution >= 0.6 is 23.7 Å². The highest BCUT2D eigenvalue weighted by atomic mass is 35.5. The summed E-state index contributed by atoms with van der Waals surface area (Å²) in [6.45, 7) is 3.26. The molecule has 3 aromatic rings. The Balaban J connectivity index is 0.00000300. The first kappa shape index (κ1) is 22.9. The molecule has 2 aromatic carbocycles. The molecule has 0 saturated carbocycles. The van der Waals surface area contributed by atoms with Crippen LogP contribution in [0.1, 0.15) is 5.56 Å². The molecule has 0 N–H and O–H groups in total. The number of hydrogen-bond acceptors (Lipinski definition) is 6. The number of aromatic nitrogens is 1. The average molecular weight is 436 g/mol. The smallest absolute Gasteiger partial charge is 0.266 e. The summed E-state index contributed by atoms with van der Waals surface area (Å²) in [5.74, 6) is 1.26. The number of para-hydroxylation sites is 1. The fraction of sp³-hybridized carbons (Fsp3) is 0.333. The van der Waals surface area contributed by atoms with Gasteiger partial charge < -0.3 is 14.4 Å². The average Bonchev–Trinajstić information content (AvgIpc) is 3.13. The molecule has 29 heavy (non-hydrogen) atoms. The van der Waals surface area contributed by atoms with Crippen LogP contribution in [0.3, 0.4) is 0 Å². The normalized spacial score (nSPS) is 10.7. The highest BCUT2D eigenvalue weighted by Crippen LogP contribution is 2.36. The van der Waals surface area contributed by atoms with Gasteiger partial charge in [0, 0.05) is 13.1 Å². The van der Waals surface area contributed by atoms with E-state index in [1.165, 1.54) is 11.3 Å². The van der Waals surface area contributed by atoms with E-state index in [2.05, 4.69) is 0 Å². The van der Waals surface area contributed by atoms with Crippen LogP contribution in [0.4, 0.5) is 5.13 Å². The first-order valence-corrected chi connectivity index (χ1v) is 9.88. The minimum absolute atomic E-state index is 0. The fourth-order valence-electron chi connectivity index (χ4n) is 2.75. The number of nitrogens with zero attached hydrogens (tertiary/aromatic N) is 3. The lowest BCUT2D eigenvalue weighted by molar-refractivity contribution is -0.120. The number of ether oxygens (including phenoxy) is 2. The van der Waals surface area contributed by atoms with Gasteiger partial charge in [0.15, 0.2) is 11.7 Å². The van der Waals surface area contributed by atoms with E-state index >= 15 is 0 Å². The van der Waals surface area contributed by atoms with Gasteiger partial charge in [0.25, 0.3) is 5.91 Å². The van der Waals surface area contributed by atoms with Crippen LogP contribution in [-0.4, -0.2) is 56.7 Å². The number of anilines is 1. The Bertz CT molecular complexity index is 947. The van der Waals surface area contributed by atoms with Crippen LogP contribution < -0.4 is 14.4 Å². The Morgan fingerprint density at radius 2 is 1.83 bits per heavy atom. The second kappa shape index (κ2) is 10.4. The molecule has 0 aliphatic carbocycles. The minimum atomic E-state index is -0.124. The summed E-state index contributed by atoms with van der Waals surface area (Å²) in [5.41, 5.74) is 1.90. The third-order valence-corrected chi connectivity index (χ3v) is 5.53. The SMILES string of the molecule is COc1ccc(C)c2sc(N(CCN(C)C)C(=O)COc3ccccc3)nc12.Cl. The zero-order valence-corrected chi connectivity index (χ0v) is 18.7. The standard InChI is InChI=1S/C21H25N3O3S.ClH/c1-15-10-11-17(26-4)19-20(15)28-21(22-19)24(13-12-23(2)3)18(25)14-27-16-8-6-5-7-9-16;/h5-11H,12-14H2,1-4H3;1H. The minimum Gasteiger partial charge on any atom is -0.494 e. The number of hydrogen-bond donors (Lipinski definition) is 0. The van der Waals surface area contributed by atoms with Crippen molar-refractivity contribution in [3.63, 3.8) is 0 Å². The van der Waals surface area contributed by atoms with Crippen molar-refractivity contribution < 1.29 is 14.3 Å². The number of amides is 1. The van der Waals surface area contributed by atoms with Crippen molar-refractivity contribution in [3.05, 3.63) is 48.0 Å². The Morgan fingerprint density at radius 3 is 2.48 bits per heavy atom. The number of methoxy groups -OCH3 is 1. The summed E-state index contributed by atoms with van der Waals surface area (Å²) in [7, 11) is 5.59. The molecule has 0 aliphatic heterocycles. The first-order valence-electron chi connectivity index (χ1n) is 9.06. The third-order valence-electron chi connectivity index (χ3n) is 4.32. The lowest BCUT2D eigenvalue weighted by Crippen LogP contribution is -2.39. The van der Waals surface area contributed by atoms with E-state index in [1.807, 2.05) is 68.4 Å². The molecule has 0 atom stereocenters. The van der Waals surface area contributed by atoms with Crippen molar-refractivity contribution in [3.8, 4) is 11.5 Å². The lowest BCUT2D eigenvalue weighted by atomic mass is 10.2. The molecule has 1 amide bonds. The van der Waals surface area contributed by atoms with Crippen LogP contribution in [0, 0.1) is 6.92 Å². The molecule has 0 bridgehead atoms. The van der Waals surface area contributed by atoms with Crippen molar-refractivity contribution >= 4 is 45.0 Å². The van der Waals surface area contributed by atoms with Crippen LogP contribution in [0.5, 0.6) is 11.5 Å². The van der Waals surface area contributed by atoms with E-state index in [9.17, 15) is 4.79 Å². The van der Waals surface area contributed by atoms with Crippen molar-refractivity contribution in [1.82, 2.24) is 9.88 Å². The van der Waals surface area contributed by atoms with Crippen molar-refractivity contribution in [2.75, 3.05) is 45.8 Å². The summed E-state index contributed by atoms with van der Waals surface area (Å²) in [5, 5.41) is 0.658. The van der Waals surface area contributed by atoms with E-state index in [0.29, 0.717) is 23.2 Å². The van der Waals surface area contributed by atoms with Crippen LogP contribution in [0.25, 0.3) is 10.2 Å². The highest BCUT2D eigenvalue weighted by Gasteiger charge is 2.22. The molecule has 0 aliphatic rings. The number of benzene rings is 2. The number of aryl methyl sites for hydroxylation is 1. The monoisotopic (exact) mass is 435 g/mol. The predicted octanol–water partition coefficient (Wildman–Crippen LogP) is 4.01. The van der Waals surface area contributed by atoms with Gasteiger partial charge in [-0.05, 0) is 44.8 Å². The Hall–Kier alpha value is -2.35. The molecule has 0 fully saturated rings. The topological polar surface area (TPSA) is 54.9 Å². The summed E-state index contributed by atoms with van der Waals surface area (Å²) in [4.78, 5) is 21.4. The van der Waals surface area contributed by atoms with E-state index < -0.39 is 0 Å².